The molecule has 106 valence electrons. The first-order chi connectivity index (χ1) is 9.52. The van der Waals surface area contributed by atoms with Crippen LogP contribution in [0.3, 0.4) is 0 Å². The van der Waals surface area contributed by atoms with Gasteiger partial charge in [0.2, 0.25) is 0 Å². The van der Waals surface area contributed by atoms with E-state index >= 15 is 0 Å². The smallest absolute Gasteiger partial charge is 0.188 e. The Morgan fingerprint density at radius 3 is 2.65 bits per heavy atom. The predicted molar refractivity (Wildman–Crippen MR) is 76.9 cm³/mol. The van der Waals surface area contributed by atoms with Crippen LogP contribution in [0.4, 0.5) is 4.39 Å². The van der Waals surface area contributed by atoms with Crippen molar-refractivity contribution in [3.05, 3.63) is 45.8 Å². The Balaban J connectivity index is 2.46. The van der Waals surface area contributed by atoms with E-state index in [1.165, 1.54) is 25.3 Å². The highest BCUT2D eigenvalue weighted by Crippen LogP contribution is 2.32. The van der Waals surface area contributed by atoms with E-state index in [0.717, 1.165) is 5.56 Å². The molecule has 1 heterocycles. The minimum Gasteiger partial charge on any atom is -0.464 e. The lowest BCUT2D eigenvalue weighted by Crippen LogP contribution is -2.02. The molecule has 0 spiro atoms. The molecule has 0 aliphatic carbocycles. The highest BCUT2D eigenvalue weighted by atomic mass is 35.5. The van der Waals surface area contributed by atoms with Crippen molar-refractivity contribution in [1.82, 2.24) is 4.98 Å². The minimum absolute atomic E-state index is 0.0626. The van der Waals surface area contributed by atoms with E-state index in [2.05, 4.69) is 4.98 Å². The van der Waals surface area contributed by atoms with Crippen LogP contribution in [0.1, 0.15) is 5.56 Å². The van der Waals surface area contributed by atoms with Gasteiger partial charge >= 0.3 is 0 Å². The van der Waals surface area contributed by atoms with Gasteiger partial charge in [0, 0.05) is 17.7 Å². The topological polar surface area (TPSA) is 31.4 Å². The molecule has 2 aromatic rings. The first-order valence-corrected chi connectivity index (χ1v) is 6.53. The standard InChI is InChI=1S/C14H12Cl2FNO2/c1-8-5-12(10-6-9(15)3-4-11(10)17)18-14(16)13(8)20-7-19-2/h3-6H,7H2,1-2H3. The molecule has 1 aromatic carbocycles. The van der Waals surface area contributed by atoms with Gasteiger partial charge < -0.3 is 9.47 Å². The van der Waals surface area contributed by atoms with Gasteiger partial charge in [-0.15, -0.1) is 0 Å². The SMILES string of the molecule is COCOc1c(C)cc(-c2cc(Cl)ccc2F)nc1Cl. The fourth-order valence-corrected chi connectivity index (χ4v) is 2.21. The maximum Gasteiger partial charge on any atom is 0.188 e. The first-order valence-electron chi connectivity index (χ1n) is 5.77. The van der Waals surface area contributed by atoms with E-state index in [-0.39, 0.29) is 11.9 Å². The normalized spacial score (nSPS) is 10.7. The van der Waals surface area contributed by atoms with Crippen molar-refractivity contribution in [1.29, 1.82) is 0 Å². The molecule has 0 saturated heterocycles. The lowest BCUT2D eigenvalue weighted by Gasteiger charge is -2.12. The Hall–Kier alpha value is -1.36. The van der Waals surface area contributed by atoms with Crippen LogP contribution < -0.4 is 4.74 Å². The van der Waals surface area contributed by atoms with Gasteiger partial charge in [-0.25, -0.2) is 9.37 Å². The molecule has 1 aromatic heterocycles. The van der Waals surface area contributed by atoms with Crippen molar-refractivity contribution in [3.8, 4) is 17.0 Å². The fraction of sp³-hybridized carbons (Fsp3) is 0.214. The van der Waals surface area contributed by atoms with Crippen LogP contribution in [0.2, 0.25) is 10.2 Å². The van der Waals surface area contributed by atoms with E-state index in [1.54, 1.807) is 13.0 Å². The Labute approximate surface area is 126 Å². The average Bonchev–Trinajstić information content (AvgIpc) is 2.40. The zero-order valence-corrected chi connectivity index (χ0v) is 12.4. The number of nitrogens with zero attached hydrogens (tertiary/aromatic N) is 1. The molecule has 0 radical (unpaired) electrons. The zero-order valence-electron chi connectivity index (χ0n) is 10.9. The van der Waals surface area contributed by atoms with Crippen molar-refractivity contribution >= 4 is 23.2 Å². The number of rotatable bonds is 4. The lowest BCUT2D eigenvalue weighted by molar-refractivity contribution is 0.0504. The van der Waals surface area contributed by atoms with Gasteiger partial charge in [0.15, 0.2) is 17.7 Å². The summed E-state index contributed by atoms with van der Waals surface area (Å²) in [5, 5.41) is 0.577. The molecule has 2 rings (SSSR count). The third-order valence-corrected chi connectivity index (χ3v) is 3.13. The average molecular weight is 316 g/mol. The number of benzene rings is 1. The van der Waals surface area contributed by atoms with E-state index in [0.29, 0.717) is 22.0 Å². The molecule has 3 nitrogen and oxygen atoms in total. The van der Waals surface area contributed by atoms with Crippen LogP contribution in [-0.2, 0) is 4.74 Å². The zero-order chi connectivity index (χ0) is 14.7. The summed E-state index contributed by atoms with van der Waals surface area (Å²) in [5.41, 5.74) is 1.43. The second-order valence-corrected chi connectivity index (χ2v) is 4.91. The van der Waals surface area contributed by atoms with Crippen molar-refractivity contribution in [2.24, 2.45) is 0 Å². The Bertz CT molecular complexity index is 612. The predicted octanol–water partition coefficient (Wildman–Crippen LogP) is 4.49. The van der Waals surface area contributed by atoms with Crippen LogP contribution in [-0.4, -0.2) is 18.9 Å². The second-order valence-electron chi connectivity index (χ2n) is 4.12. The van der Waals surface area contributed by atoms with Crippen molar-refractivity contribution in [2.45, 2.75) is 6.92 Å². The highest BCUT2D eigenvalue weighted by molar-refractivity contribution is 6.31. The maximum absolute atomic E-state index is 13.8. The summed E-state index contributed by atoms with van der Waals surface area (Å²) in [6.07, 6.45) is 0. The number of methoxy groups -OCH3 is 1. The first kappa shape index (κ1) is 15.0. The number of pyridine rings is 1. The van der Waals surface area contributed by atoms with Gasteiger partial charge in [0.25, 0.3) is 0 Å². The molecule has 0 aliphatic heterocycles. The van der Waals surface area contributed by atoms with Crippen molar-refractivity contribution in [2.75, 3.05) is 13.9 Å². The summed E-state index contributed by atoms with van der Waals surface area (Å²) in [6.45, 7) is 1.86. The molecule has 0 fully saturated rings. The van der Waals surface area contributed by atoms with E-state index in [1.807, 2.05) is 0 Å². The minimum atomic E-state index is -0.414. The molecule has 0 unspecified atom stereocenters. The second kappa shape index (κ2) is 6.39. The van der Waals surface area contributed by atoms with Crippen molar-refractivity contribution < 1.29 is 13.9 Å². The van der Waals surface area contributed by atoms with Crippen LogP contribution in [0, 0.1) is 12.7 Å². The summed E-state index contributed by atoms with van der Waals surface area (Å²) < 4.78 is 24.0. The number of halogens is 3. The van der Waals surface area contributed by atoms with E-state index in [9.17, 15) is 4.39 Å². The van der Waals surface area contributed by atoms with Gasteiger partial charge in [0.05, 0.1) is 5.69 Å². The van der Waals surface area contributed by atoms with Crippen LogP contribution in [0.25, 0.3) is 11.3 Å². The molecule has 20 heavy (non-hydrogen) atoms. The third kappa shape index (κ3) is 3.20. The van der Waals surface area contributed by atoms with Gasteiger partial charge in [0.1, 0.15) is 5.82 Å². The number of ether oxygens (including phenoxy) is 2. The number of aryl methyl sites for hydroxylation is 1. The molecule has 0 saturated carbocycles. The molecule has 0 bridgehead atoms. The Kier molecular flexibility index (Phi) is 4.81. The van der Waals surface area contributed by atoms with Gasteiger partial charge in [-0.1, -0.05) is 23.2 Å². The molecule has 0 amide bonds. The van der Waals surface area contributed by atoms with Gasteiger partial charge in [-0.2, -0.15) is 0 Å². The number of hydrogen-bond donors (Lipinski definition) is 0. The molecule has 0 aliphatic rings. The fourth-order valence-electron chi connectivity index (χ4n) is 1.75. The number of aromatic nitrogens is 1. The summed E-state index contributed by atoms with van der Waals surface area (Å²) in [6, 6.07) is 5.96. The summed E-state index contributed by atoms with van der Waals surface area (Å²) in [7, 11) is 1.51. The summed E-state index contributed by atoms with van der Waals surface area (Å²) in [5.74, 6) is 0.00243. The number of hydrogen-bond acceptors (Lipinski definition) is 3. The van der Waals surface area contributed by atoms with Gasteiger partial charge in [-0.05, 0) is 36.8 Å². The maximum atomic E-state index is 13.8. The Morgan fingerprint density at radius 2 is 2.00 bits per heavy atom. The van der Waals surface area contributed by atoms with E-state index < -0.39 is 5.82 Å². The molecular formula is C14H12Cl2FNO2. The van der Waals surface area contributed by atoms with Crippen molar-refractivity contribution in [3.63, 3.8) is 0 Å². The highest BCUT2D eigenvalue weighted by Gasteiger charge is 2.14. The van der Waals surface area contributed by atoms with Gasteiger partial charge in [-0.3, -0.25) is 0 Å². The summed E-state index contributed by atoms with van der Waals surface area (Å²) in [4.78, 5) is 4.15. The monoisotopic (exact) mass is 315 g/mol. The molecule has 6 heteroatoms. The Morgan fingerprint density at radius 1 is 1.25 bits per heavy atom. The largest absolute Gasteiger partial charge is 0.464 e. The third-order valence-electron chi connectivity index (χ3n) is 2.64. The van der Waals surface area contributed by atoms with Crippen LogP contribution >= 0.6 is 23.2 Å². The quantitative estimate of drug-likeness (QED) is 0.615. The molecule has 0 N–H and O–H groups in total. The lowest BCUT2D eigenvalue weighted by atomic mass is 10.1. The van der Waals surface area contributed by atoms with Crippen LogP contribution in [0.5, 0.6) is 5.75 Å². The van der Waals surface area contributed by atoms with E-state index in [4.69, 9.17) is 32.7 Å². The molecule has 0 atom stereocenters. The summed E-state index contributed by atoms with van der Waals surface area (Å²) >= 11 is 11.9. The molecular weight excluding hydrogens is 304 g/mol. The van der Waals surface area contributed by atoms with Crippen LogP contribution in [0.15, 0.2) is 24.3 Å².